The molecule has 0 aliphatic rings. The molecule has 5 nitrogen and oxygen atoms in total. The maximum atomic E-state index is 11.0. The highest BCUT2D eigenvalue weighted by Gasteiger charge is 2.17. The number of nitrogens with zero attached hydrogens (tertiary/aromatic N) is 1. The van der Waals surface area contributed by atoms with Crippen molar-refractivity contribution in [2.75, 3.05) is 25.9 Å². The molecular formula is C7H16N2O3S. The molecule has 0 heterocycles. The zero-order chi connectivity index (χ0) is 10.5. The number of hydrogen-bond acceptors (Lipinski definition) is 3. The molecule has 0 aromatic heterocycles. The van der Waals surface area contributed by atoms with E-state index >= 15 is 0 Å². The van der Waals surface area contributed by atoms with Crippen molar-refractivity contribution < 1.29 is 13.2 Å². The van der Waals surface area contributed by atoms with Crippen LogP contribution in [0, 0.1) is 0 Å². The third kappa shape index (κ3) is 4.84. The number of carbonyl (C=O) groups excluding carboxylic acids is 1. The highest BCUT2D eigenvalue weighted by Crippen LogP contribution is 1.95. The molecular weight excluding hydrogens is 192 g/mol. The lowest BCUT2D eigenvalue weighted by molar-refractivity contribution is -0.121. The summed E-state index contributed by atoms with van der Waals surface area (Å²) in [7, 11) is -3.26. The Morgan fingerprint density at radius 2 is 1.92 bits per heavy atom. The first kappa shape index (κ1) is 12.4. The highest BCUT2D eigenvalue weighted by atomic mass is 32.2. The van der Waals surface area contributed by atoms with Crippen molar-refractivity contribution in [2.24, 2.45) is 0 Å². The van der Waals surface area contributed by atoms with Gasteiger partial charge in [-0.25, -0.2) is 8.42 Å². The van der Waals surface area contributed by atoms with Crippen molar-refractivity contribution in [3.8, 4) is 0 Å². The maximum absolute atomic E-state index is 11.0. The molecule has 13 heavy (non-hydrogen) atoms. The fourth-order valence-corrected chi connectivity index (χ4v) is 1.70. The predicted octanol–water partition coefficient (Wildman–Crippen LogP) is -0.596. The number of amides is 1. The summed E-state index contributed by atoms with van der Waals surface area (Å²) in [5.41, 5.74) is 0. The van der Waals surface area contributed by atoms with Crippen molar-refractivity contribution in [1.29, 1.82) is 0 Å². The molecule has 1 N–H and O–H groups in total. The van der Waals surface area contributed by atoms with Crippen LogP contribution in [-0.4, -0.2) is 44.5 Å². The van der Waals surface area contributed by atoms with Crippen molar-refractivity contribution in [1.82, 2.24) is 9.62 Å². The van der Waals surface area contributed by atoms with Crippen LogP contribution in [0.5, 0.6) is 0 Å². The summed E-state index contributed by atoms with van der Waals surface area (Å²) in [6.07, 6.45) is 1.09. The van der Waals surface area contributed by atoms with Crippen LogP contribution >= 0.6 is 0 Å². The molecule has 0 aliphatic carbocycles. The van der Waals surface area contributed by atoms with E-state index in [-0.39, 0.29) is 12.5 Å². The Hall–Kier alpha value is -0.620. The van der Waals surface area contributed by atoms with Gasteiger partial charge in [0.2, 0.25) is 15.9 Å². The minimum absolute atomic E-state index is 0.0941. The van der Waals surface area contributed by atoms with Crippen molar-refractivity contribution in [2.45, 2.75) is 13.8 Å². The molecule has 0 aliphatic heterocycles. The Morgan fingerprint density at radius 1 is 1.38 bits per heavy atom. The molecule has 0 aromatic rings. The Morgan fingerprint density at radius 3 is 2.23 bits per heavy atom. The van der Waals surface area contributed by atoms with E-state index in [1.165, 1.54) is 0 Å². The highest BCUT2D eigenvalue weighted by molar-refractivity contribution is 7.88. The SMILES string of the molecule is CCNC(=O)CN(CC)S(C)(=O)=O. The van der Waals surface area contributed by atoms with Crippen LogP contribution in [-0.2, 0) is 14.8 Å². The van der Waals surface area contributed by atoms with E-state index in [4.69, 9.17) is 0 Å². The molecule has 0 atom stereocenters. The standard InChI is InChI=1S/C7H16N2O3S/c1-4-8-7(10)6-9(5-2)13(3,11)12/h4-6H2,1-3H3,(H,8,10). The van der Waals surface area contributed by atoms with Crippen LogP contribution in [0.4, 0.5) is 0 Å². The van der Waals surface area contributed by atoms with Crippen LogP contribution in [0.15, 0.2) is 0 Å². The van der Waals surface area contributed by atoms with Gasteiger partial charge in [0.1, 0.15) is 0 Å². The summed E-state index contributed by atoms with van der Waals surface area (Å²) in [4.78, 5) is 11.0. The summed E-state index contributed by atoms with van der Waals surface area (Å²) in [5, 5.41) is 2.54. The molecule has 0 bridgehead atoms. The Bertz CT molecular complexity index is 261. The summed E-state index contributed by atoms with van der Waals surface area (Å²) in [6.45, 7) is 4.22. The maximum Gasteiger partial charge on any atom is 0.235 e. The van der Waals surface area contributed by atoms with Gasteiger partial charge in [0, 0.05) is 13.1 Å². The van der Waals surface area contributed by atoms with Gasteiger partial charge >= 0.3 is 0 Å². The second-order valence-corrected chi connectivity index (χ2v) is 4.63. The van der Waals surface area contributed by atoms with E-state index < -0.39 is 10.0 Å². The van der Waals surface area contributed by atoms with Crippen molar-refractivity contribution in [3.05, 3.63) is 0 Å². The van der Waals surface area contributed by atoms with E-state index in [2.05, 4.69) is 5.32 Å². The van der Waals surface area contributed by atoms with Gasteiger partial charge in [-0.2, -0.15) is 4.31 Å². The quantitative estimate of drug-likeness (QED) is 0.656. The first-order valence-electron chi connectivity index (χ1n) is 4.13. The molecule has 0 saturated carbocycles. The summed E-state index contributed by atoms with van der Waals surface area (Å²) < 4.78 is 23.2. The number of rotatable bonds is 5. The smallest absolute Gasteiger partial charge is 0.235 e. The second kappa shape index (κ2) is 5.18. The molecule has 0 radical (unpaired) electrons. The average molecular weight is 208 g/mol. The lowest BCUT2D eigenvalue weighted by Crippen LogP contribution is -2.39. The Kier molecular flexibility index (Phi) is 4.94. The Balaban J connectivity index is 4.23. The third-order valence-corrected chi connectivity index (χ3v) is 2.84. The number of nitrogens with one attached hydrogen (secondary N) is 1. The predicted molar refractivity (Wildman–Crippen MR) is 50.8 cm³/mol. The van der Waals surface area contributed by atoms with Gasteiger partial charge in [0.15, 0.2) is 0 Å². The first-order valence-corrected chi connectivity index (χ1v) is 5.98. The fraction of sp³-hybridized carbons (Fsp3) is 0.857. The molecule has 0 aromatic carbocycles. The number of likely N-dealkylation sites (N-methyl/N-ethyl adjacent to an activating group) is 2. The molecule has 1 amide bonds. The molecule has 0 spiro atoms. The normalized spacial score (nSPS) is 11.7. The fourth-order valence-electron chi connectivity index (χ4n) is 0.877. The van der Waals surface area contributed by atoms with Gasteiger partial charge in [-0.1, -0.05) is 6.92 Å². The summed E-state index contributed by atoms with van der Waals surface area (Å²) in [5.74, 6) is -0.269. The molecule has 0 fully saturated rings. The third-order valence-electron chi connectivity index (χ3n) is 1.52. The lowest BCUT2D eigenvalue weighted by atomic mass is 10.5. The minimum atomic E-state index is -3.26. The van der Waals surface area contributed by atoms with E-state index in [1.54, 1.807) is 13.8 Å². The zero-order valence-corrected chi connectivity index (χ0v) is 9.02. The largest absolute Gasteiger partial charge is 0.355 e. The van der Waals surface area contributed by atoms with Crippen molar-refractivity contribution >= 4 is 15.9 Å². The van der Waals surface area contributed by atoms with Gasteiger partial charge < -0.3 is 5.32 Å². The van der Waals surface area contributed by atoms with Crippen LogP contribution in [0.3, 0.4) is 0 Å². The minimum Gasteiger partial charge on any atom is -0.355 e. The van der Waals surface area contributed by atoms with Gasteiger partial charge in [-0.3, -0.25) is 4.79 Å². The summed E-state index contributed by atoms with van der Waals surface area (Å²) >= 11 is 0. The second-order valence-electron chi connectivity index (χ2n) is 2.64. The van der Waals surface area contributed by atoms with Gasteiger partial charge in [-0.05, 0) is 6.92 Å². The number of sulfonamides is 1. The first-order chi connectivity index (χ1) is 5.91. The van der Waals surface area contributed by atoms with Crippen LogP contribution in [0.1, 0.15) is 13.8 Å². The topological polar surface area (TPSA) is 66.5 Å². The molecule has 0 saturated heterocycles. The zero-order valence-electron chi connectivity index (χ0n) is 8.20. The van der Waals surface area contributed by atoms with Gasteiger partial charge in [0.05, 0.1) is 12.8 Å². The van der Waals surface area contributed by atoms with E-state index in [9.17, 15) is 13.2 Å². The van der Waals surface area contributed by atoms with Crippen LogP contribution < -0.4 is 5.32 Å². The summed E-state index contributed by atoms with van der Waals surface area (Å²) in [6, 6.07) is 0. The molecule has 6 heteroatoms. The number of carbonyl (C=O) groups is 1. The lowest BCUT2D eigenvalue weighted by Gasteiger charge is -2.16. The average Bonchev–Trinajstić information content (AvgIpc) is 1.98. The van der Waals surface area contributed by atoms with Gasteiger partial charge in [-0.15, -0.1) is 0 Å². The molecule has 78 valence electrons. The molecule has 0 unspecified atom stereocenters. The van der Waals surface area contributed by atoms with E-state index in [1.807, 2.05) is 0 Å². The Labute approximate surface area is 79.2 Å². The van der Waals surface area contributed by atoms with Crippen molar-refractivity contribution in [3.63, 3.8) is 0 Å². The van der Waals surface area contributed by atoms with Crippen LogP contribution in [0.25, 0.3) is 0 Å². The number of hydrogen-bond donors (Lipinski definition) is 1. The van der Waals surface area contributed by atoms with Gasteiger partial charge in [0.25, 0.3) is 0 Å². The van der Waals surface area contributed by atoms with E-state index in [0.29, 0.717) is 13.1 Å². The van der Waals surface area contributed by atoms with E-state index in [0.717, 1.165) is 10.6 Å². The molecule has 0 rings (SSSR count). The monoisotopic (exact) mass is 208 g/mol. The van der Waals surface area contributed by atoms with Crippen LogP contribution in [0.2, 0.25) is 0 Å².